The Morgan fingerprint density at radius 1 is 1.42 bits per heavy atom. The molecule has 0 radical (unpaired) electrons. The molecule has 0 heterocycles. The van der Waals surface area contributed by atoms with E-state index in [-0.39, 0.29) is 11.9 Å². The number of rotatable bonds is 4. The zero-order valence-electron chi connectivity index (χ0n) is 11.0. The first-order chi connectivity index (χ1) is 8.99. The number of hydrogen-bond donors (Lipinski definition) is 3. The van der Waals surface area contributed by atoms with Crippen LogP contribution in [-0.2, 0) is 4.79 Å². The minimum Gasteiger partial charge on any atom is -0.356 e. The van der Waals surface area contributed by atoms with Crippen molar-refractivity contribution >= 4 is 29.5 Å². The Balaban J connectivity index is 2.47. The molecule has 0 saturated heterocycles. The van der Waals surface area contributed by atoms with Gasteiger partial charge in [-0.05, 0) is 23.6 Å². The van der Waals surface area contributed by atoms with E-state index in [1.165, 1.54) is 6.08 Å². The molecule has 1 aromatic carbocycles. The Labute approximate surface area is 118 Å². The lowest BCUT2D eigenvalue weighted by Crippen LogP contribution is -2.40. The standard InChI is InChI=1S/C14H18ClN3O/c1-10(2)9-17-14(16)18-13(19)8-7-11-5-3-4-6-12(11)15/h3-8,10H,9H2,1-2H3,(H3,16,17,18,19). The molecule has 0 unspecified atom stereocenters. The molecule has 1 amide bonds. The van der Waals surface area contributed by atoms with Crippen molar-refractivity contribution in [1.29, 1.82) is 5.41 Å². The van der Waals surface area contributed by atoms with E-state index in [9.17, 15) is 4.79 Å². The third-order valence-corrected chi connectivity index (χ3v) is 2.60. The smallest absolute Gasteiger partial charge is 0.250 e. The summed E-state index contributed by atoms with van der Waals surface area (Å²) in [6.45, 7) is 4.70. The number of carbonyl (C=O) groups is 1. The molecule has 1 aromatic rings. The molecule has 102 valence electrons. The van der Waals surface area contributed by atoms with Crippen LogP contribution < -0.4 is 10.6 Å². The number of halogens is 1. The first-order valence-corrected chi connectivity index (χ1v) is 6.43. The molecule has 0 saturated carbocycles. The summed E-state index contributed by atoms with van der Waals surface area (Å²) in [6.07, 6.45) is 2.97. The van der Waals surface area contributed by atoms with Gasteiger partial charge in [-0.3, -0.25) is 15.5 Å². The molecule has 0 spiro atoms. The van der Waals surface area contributed by atoms with Gasteiger partial charge in [-0.25, -0.2) is 0 Å². The fraction of sp³-hybridized carbons (Fsp3) is 0.286. The molecule has 0 fully saturated rings. The van der Waals surface area contributed by atoms with Crippen LogP contribution in [0.1, 0.15) is 19.4 Å². The average molecular weight is 280 g/mol. The summed E-state index contributed by atoms with van der Waals surface area (Å²) in [5.41, 5.74) is 0.765. The van der Waals surface area contributed by atoms with Crippen LogP contribution in [-0.4, -0.2) is 18.4 Å². The van der Waals surface area contributed by atoms with Gasteiger partial charge >= 0.3 is 0 Å². The third kappa shape index (κ3) is 6.06. The van der Waals surface area contributed by atoms with Crippen molar-refractivity contribution in [2.24, 2.45) is 5.92 Å². The molecule has 0 aromatic heterocycles. The van der Waals surface area contributed by atoms with Gasteiger partial charge in [0.25, 0.3) is 5.91 Å². The number of guanidine groups is 1. The molecule has 0 bridgehead atoms. The first-order valence-electron chi connectivity index (χ1n) is 6.05. The minimum atomic E-state index is -0.360. The Kier molecular flexibility index (Phi) is 6.09. The second-order valence-electron chi connectivity index (χ2n) is 4.49. The zero-order valence-corrected chi connectivity index (χ0v) is 11.8. The number of nitrogens with one attached hydrogen (secondary N) is 3. The van der Waals surface area contributed by atoms with Crippen LogP contribution in [0.25, 0.3) is 6.08 Å². The van der Waals surface area contributed by atoms with Crippen molar-refractivity contribution in [2.45, 2.75) is 13.8 Å². The molecule has 3 N–H and O–H groups in total. The van der Waals surface area contributed by atoms with Gasteiger partial charge in [-0.1, -0.05) is 43.6 Å². The van der Waals surface area contributed by atoms with Gasteiger partial charge in [-0.15, -0.1) is 0 Å². The fourth-order valence-electron chi connectivity index (χ4n) is 1.29. The highest BCUT2D eigenvalue weighted by atomic mass is 35.5. The summed E-state index contributed by atoms with van der Waals surface area (Å²) in [5, 5.41) is 13.4. The number of amides is 1. The minimum absolute atomic E-state index is 0.00232. The largest absolute Gasteiger partial charge is 0.356 e. The topological polar surface area (TPSA) is 65.0 Å². The van der Waals surface area contributed by atoms with E-state index in [4.69, 9.17) is 17.0 Å². The normalized spacial score (nSPS) is 10.7. The summed E-state index contributed by atoms with van der Waals surface area (Å²) in [5.74, 6) is 0.0552. The van der Waals surface area contributed by atoms with E-state index >= 15 is 0 Å². The van der Waals surface area contributed by atoms with Crippen LogP contribution in [0.15, 0.2) is 30.3 Å². The van der Waals surface area contributed by atoms with Crippen molar-refractivity contribution in [3.8, 4) is 0 Å². The first kappa shape index (κ1) is 15.2. The summed E-state index contributed by atoms with van der Waals surface area (Å²) >= 11 is 5.96. The van der Waals surface area contributed by atoms with Crippen LogP contribution in [0.2, 0.25) is 5.02 Å². The van der Waals surface area contributed by atoms with Gasteiger partial charge in [0.15, 0.2) is 5.96 Å². The number of benzene rings is 1. The van der Waals surface area contributed by atoms with Crippen LogP contribution >= 0.6 is 11.6 Å². The van der Waals surface area contributed by atoms with Gasteiger partial charge in [-0.2, -0.15) is 0 Å². The second kappa shape index (κ2) is 7.59. The SMILES string of the molecule is CC(C)CNC(=N)NC(=O)C=Cc1ccccc1Cl. The van der Waals surface area contributed by atoms with Crippen molar-refractivity contribution in [1.82, 2.24) is 10.6 Å². The van der Waals surface area contributed by atoms with Crippen LogP contribution in [0.5, 0.6) is 0 Å². The van der Waals surface area contributed by atoms with Crippen molar-refractivity contribution in [3.05, 3.63) is 40.9 Å². The number of hydrogen-bond acceptors (Lipinski definition) is 2. The van der Waals surface area contributed by atoms with Crippen LogP contribution in [0.4, 0.5) is 0 Å². The van der Waals surface area contributed by atoms with Gasteiger partial charge < -0.3 is 5.32 Å². The van der Waals surface area contributed by atoms with E-state index in [1.807, 2.05) is 32.0 Å². The van der Waals surface area contributed by atoms with Crippen molar-refractivity contribution < 1.29 is 4.79 Å². The molecule has 4 nitrogen and oxygen atoms in total. The fourth-order valence-corrected chi connectivity index (χ4v) is 1.49. The van der Waals surface area contributed by atoms with Crippen molar-refractivity contribution in [3.63, 3.8) is 0 Å². The maximum atomic E-state index is 11.6. The van der Waals surface area contributed by atoms with Gasteiger partial charge in [0.2, 0.25) is 0 Å². The van der Waals surface area contributed by atoms with E-state index in [0.717, 1.165) is 5.56 Å². The summed E-state index contributed by atoms with van der Waals surface area (Å²) < 4.78 is 0. The van der Waals surface area contributed by atoms with Crippen LogP contribution in [0, 0.1) is 11.3 Å². The highest BCUT2D eigenvalue weighted by Crippen LogP contribution is 2.15. The Bertz CT molecular complexity index is 483. The maximum Gasteiger partial charge on any atom is 0.250 e. The van der Waals surface area contributed by atoms with Gasteiger partial charge in [0.05, 0.1) is 0 Å². The lowest BCUT2D eigenvalue weighted by molar-refractivity contribution is -0.115. The molecule has 19 heavy (non-hydrogen) atoms. The predicted molar refractivity (Wildman–Crippen MR) is 79.2 cm³/mol. The zero-order chi connectivity index (χ0) is 14.3. The lowest BCUT2D eigenvalue weighted by Gasteiger charge is -2.09. The quantitative estimate of drug-likeness (QED) is 0.451. The predicted octanol–water partition coefficient (Wildman–Crippen LogP) is 2.65. The molecule has 0 aliphatic rings. The second-order valence-corrected chi connectivity index (χ2v) is 4.90. The van der Waals surface area contributed by atoms with E-state index in [0.29, 0.717) is 17.5 Å². The van der Waals surface area contributed by atoms with E-state index in [1.54, 1.807) is 12.1 Å². The van der Waals surface area contributed by atoms with E-state index in [2.05, 4.69) is 10.6 Å². The Morgan fingerprint density at radius 2 is 2.11 bits per heavy atom. The van der Waals surface area contributed by atoms with E-state index < -0.39 is 0 Å². The molecule has 0 aliphatic carbocycles. The summed E-state index contributed by atoms with van der Waals surface area (Å²) in [4.78, 5) is 11.6. The summed E-state index contributed by atoms with van der Waals surface area (Å²) in [7, 11) is 0. The molecular weight excluding hydrogens is 262 g/mol. The maximum absolute atomic E-state index is 11.6. The Morgan fingerprint density at radius 3 is 2.74 bits per heavy atom. The van der Waals surface area contributed by atoms with Gasteiger partial charge in [0, 0.05) is 17.6 Å². The molecule has 0 atom stereocenters. The van der Waals surface area contributed by atoms with Crippen LogP contribution in [0.3, 0.4) is 0 Å². The van der Waals surface area contributed by atoms with Gasteiger partial charge in [0.1, 0.15) is 0 Å². The summed E-state index contributed by atoms with van der Waals surface area (Å²) in [6, 6.07) is 7.24. The average Bonchev–Trinajstić information content (AvgIpc) is 2.35. The highest BCUT2D eigenvalue weighted by Gasteiger charge is 2.02. The van der Waals surface area contributed by atoms with Crippen molar-refractivity contribution in [2.75, 3.05) is 6.54 Å². The lowest BCUT2D eigenvalue weighted by atomic mass is 10.2. The monoisotopic (exact) mass is 279 g/mol. The molecular formula is C14H18ClN3O. The highest BCUT2D eigenvalue weighted by molar-refractivity contribution is 6.32. The molecule has 5 heteroatoms. The Hall–Kier alpha value is -1.81. The molecule has 1 rings (SSSR count). The number of carbonyl (C=O) groups excluding carboxylic acids is 1. The molecule has 0 aliphatic heterocycles. The third-order valence-electron chi connectivity index (χ3n) is 2.25.